The lowest BCUT2D eigenvalue weighted by molar-refractivity contribution is 1.31. The van der Waals surface area contributed by atoms with Crippen molar-refractivity contribution in [2.75, 3.05) is 0 Å². The molecule has 1 aromatic rings. The van der Waals surface area contributed by atoms with Crippen LogP contribution in [-0.4, -0.2) is 13.1 Å². The average molecular weight is 210 g/mol. The molecule has 0 N–H and O–H groups in total. The molecule has 13 heavy (non-hydrogen) atoms. The van der Waals surface area contributed by atoms with E-state index < -0.39 is 8.07 Å². The van der Waals surface area contributed by atoms with Gasteiger partial charge in [-0.25, -0.2) is 4.98 Å². The molecule has 0 bridgehead atoms. The molecule has 0 aliphatic rings. The highest BCUT2D eigenvalue weighted by Crippen LogP contribution is 2.04. The molecule has 0 radical (unpaired) electrons. The summed E-state index contributed by atoms with van der Waals surface area (Å²) in [6.07, 6.45) is 1.70. The first-order chi connectivity index (χ1) is 5.97. The van der Waals surface area contributed by atoms with E-state index in [1.54, 1.807) is 12.3 Å². The third-order valence-corrected chi connectivity index (χ3v) is 2.41. The minimum absolute atomic E-state index is 0.513. The third kappa shape index (κ3) is 4.12. The molecule has 0 saturated carbocycles. The SMILES string of the molecule is C[Si](C)(C)C#Cc1ccc(Cl)nc1. The van der Waals surface area contributed by atoms with Crippen molar-refractivity contribution in [1.82, 2.24) is 4.98 Å². The normalized spacial score (nSPS) is 10.5. The summed E-state index contributed by atoms with van der Waals surface area (Å²) in [5.41, 5.74) is 4.20. The van der Waals surface area contributed by atoms with Gasteiger partial charge in [-0.15, -0.1) is 5.54 Å². The van der Waals surface area contributed by atoms with Crippen LogP contribution in [0.25, 0.3) is 0 Å². The summed E-state index contributed by atoms with van der Waals surface area (Å²) in [5, 5.41) is 0.513. The first kappa shape index (κ1) is 10.3. The van der Waals surface area contributed by atoms with Gasteiger partial charge in [0, 0.05) is 11.8 Å². The van der Waals surface area contributed by atoms with E-state index in [1.165, 1.54) is 0 Å². The summed E-state index contributed by atoms with van der Waals surface area (Å²) in [6, 6.07) is 3.65. The van der Waals surface area contributed by atoms with E-state index >= 15 is 0 Å². The van der Waals surface area contributed by atoms with E-state index in [9.17, 15) is 0 Å². The van der Waals surface area contributed by atoms with Gasteiger partial charge < -0.3 is 0 Å². The molecular weight excluding hydrogens is 198 g/mol. The Morgan fingerprint density at radius 1 is 1.31 bits per heavy atom. The molecule has 1 rings (SSSR count). The van der Waals surface area contributed by atoms with Gasteiger partial charge in [-0.1, -0.05) is 37.2 Å². The maximum absolute atomic E-state index is 5.65. The smallest absolute Gasteiger partial charge is 0.129 e. The van der Waals surface area contributed by atoms with Gasteiger partial charge in [-0.3, -0.25) is 0 Å². The lowest BCUT2D eigenvalue weighted by atomic mass is 10.3. The zero-order chi connectivity index (χ0) is 9.90. The number of halogens is 1. The van der Waals surface area contributed by atoms with Crippen LogP contribution in [0.15, 0.2) is 18.3 Å². The highest BCUT2D eigenvalue weighted by molar-refractivity contribution is 6.83. The van der Waals surface area contributed by atoms with E-state index in [1.807, 2.05) is 6.07 Å². The van der Waals surface area contributed by atoms with Gasteiger partial charge >= 0.3 is 0 Å². The molecule has 0 amide bonds. The Kier molecular flexibility index (Phi) is 3.13. The lowest BCUT2D eigenvalue weighted by Crippen LogP contribution is -2.16. The van der Waals surface area contributed by atoms with Gasteiger partial charge in [-0.05, 0) is 12.1 Å². The molecule has 1 aromatic heterocycles. The van der Waals surface area contributed by atoms with Crippen LogP contribution in [0.1, 0.15) is 5.56 Å². The van der Waals surface area contributed by atoms with Crippen LogP contribution < -0.4 is 0 Å². The summed E-state index contributed by atoms with van der Waals surface area (Å²) >= 11 is 5.65. The predicted octanol–water partition coefficient (Wildman–Crippen LogP) is 2.96. The van der Waals surface area contributed by atoms with Crippen molar-refractivity contribution >= 4 is 19.7 Å². The third-order valence-electron chi connectivity index (χ3n) is 1.31. The largest absolute Gasteiger partial charge is 0.243 e. The van der Waals surface area contributed by atoms with Gasteiger partial charge in [0.25, 0.3) is 0 Å². The summed E-state index contributed by atoms with van der Waals surface area (Å²) in [6.45, 7) is 6.63. The molecule has 3 heteroatoms. The van der Waals surface area contributed by atoms with Gasteiger partial charge in [0.1, 0.15) is 13.2 Å². The van der Waals surface area contributed by atoms with Gasteiger partial charge in [-0.2, -0.15) is 0 Å². The monoisotopic (exact) mass is 209 g/mol. The topological polar surface area (TPSA) is 12.9 Å². The van der Waals surface area contributed by atoms with E-state index in [2.05, 4.69) is 36.1 Å². The molecule has 1 nitrogen and oxygen atoms in total. The molecule has 68 valence electrons. The van der Waals surface area contributed by atoms with Crippen molar-refractivity contribution in [1.29, 1.82) is 0 Å². The minimum Gasteiger partial charge on any atom is -0.243 e. The van der Waals surface area contributed by atoms with Crippen molar-refractivity contribution < 1.29 is 0 Å². The fourth-order valence-electron chi connectivity index (χ4n) is 0.709. The highest BCUT2D eigenvalue weighted by atomic mass is 35.5. The number of hydrogen-bond acceptors (Lipinski definition) is 1. The van der Waals surface area contributed by atoms with Crippen molar-refractivity contribution in [2.45, 2.75) is 19.6 Å². The Labute approximate surface area is 85.2 Å². The minimum atomic E-state index is -1.28. The van der Waals surface area contributed by atoms with Crippen LogP contribution in [0.3, 0.4) is 0 Å². The molecule has 1 heterocycles. The molecule has 0 aromatic carbocycles. The predicted molar refractivity (Wildman–Crippen MR) is 59.5 cm³/mol. The van der Waals surface area contributed by atoms with Crippen LogP contribution >= 0.6 is 11.6 Å². The quantitative estimate of drug-likeness (QED) is 0.364. The van der Waals surface area contributed by atoms with Crippen molar-refractivity contribution in [3.05, 3.63) is 29.0 Å². The second-order valence-corrected chi connectivity index (χ2v) is 9.01. The number of rotatable bonds is 0. The number of hydrogen-bond donors (Lipinski definition) is 0. The Morgan fingerprint density at radius 2 is 2.00 bits per heavy atom. The lowest BCUT2D eigenvalue weighted by Gasteiger charge is -2.02. The molecule has 0 saturated heterocycles. The zero-order valence-electron chi connectivity index (χ0n) is 8.06. The van der Waals surface area contributed by atoms with Crippen molar-refractivity contribution in [3.63, 3.8) is 0 Å². The summed E-state index contributed by atoms with van der Waals surface area (Å²) in [7, 11) is -1.28. The van der Waals surface area contributed by atoms with Crippen LogP contribution in [0.4, 0.5) is 0 Å². The molecule has 0 unspecified atom stereocenters. The maximum atomic E-state index is 5.65. The van der Waals surface area contributed by atoms with E-state index in [-0.39, 0.29) is 0 Å². The molecule has 0 aliphatic carbocycles. The highest BCUT2D eigenvalue weighted by Gasteiger charge is 2.07. The van der Waals surface area contributed by atoms with Gasteiger partial charge in [0.2, 0.25) is 0 Å². The van der Waals surface area contributed by atoms with Crippen LogP contribution in [0.5, 0.6) is 0 Å². The number of aromatic nitrogens is 1. The molecule has 0 atom stereocenters. The molecule has 0 spiro atoms. The summed E-state index contributed by atoms with van der Waals surface area (Å²) in [5.74, 6) is 3.10. The number of pyridine rings is 1. The summed E-state index contributed by atoms with van der Waals surface area (Å²) < 4.78 is 0. The fraction of sp³-hybridized carbons (Fsp3) is 0.300. The van der Waals surface area contributed by atoms with Crippen LogP contribution in [0.2, 0.25) is 24.8 Å². The maximum Gasteiger partial charge on any atom is 0.129 e. The first-order valence-electron chi connectivity index (χ1n) is 4.12. The van der Waals surface area contributed by atoms with Crippen molar-refractivity contribution in [3.8, 4) is 11.5 Å². The van der Waals surface area contributed by atoms with E-state index in [4.69, 9.17) is 11.6 Å². The Morgan fingerprint density at radius 3 is 2.46 bits per heavy atom. The van der Waals surface area contributed by atoms with E-state index in [0.717, 1.165) is 5.56 Å². The van der Waals surface area contributed by atoms with Crippen molar-refractivity contribution in [2.24, 2.45) is 0 Å². The van der Waals surface area contributed by atoms with Gasteiger partial charge in [0.15, 0.2) is 0 Å². The Bertz CT molecular complexity index is 340. The second-order valence-electron chi connectivity index (χ2n) is 3.87. The second kappa shape index (κ2) is 3.95. The van der Waals surface area contributed by atoms with Crippen LogP contribution in [0, 0.1) is 11.5 Å². The molecule has 0 fully saturated rings. The molecule has 0 aliphatic heterocycles. The standard InChI is InChI=1S/C10H12ClNSi/c1-13(2,3)7-6-9-4-5-10(11)12-8-9/h4-5,8H,1-3H3. The van der Waals surface area contributed by atoms with Gasteiger partial charge in [0.05, 0.1) is 0 Å². The average Bonchev–Trinajstić information content (AvgIpc) is 2.02. The Balaban J connectivity index is 2.85. The molecular formula is C10H12ClNSi. The first-order valence-corrected chi connectivity index (χ1v) is 8.00. The zero-order valence-corrected chi connectivity index (χ0v) is 9.81. The van der Waals surface area contributed by atoms with Crippen LogP contribution in [-0.2, 0) is 0 Å². The van der Waals surface area contributed by atoms with E-state index in [0.29, 0.717) is 5.15 Å². The fourth-order valence-corrected chi connectivity index (χ4v) is 1.34. The Hall–Kier alpha value is -0.783. The number of nitrogens with zero attached hydrogens (tertiary/aromatic N) is 1. The summed E-state index contributed by atoms with van der Waals surface area (Å²) in [4.78, 5) is 3.96.